The standard InChI is InChI=1S/C10H3F19/c11-1(3(13)14)2(12)4(15,16)5(17,18)6(19,20)7(21,22)8(23,24)9(25,26)10(27,28)29/h1-3H. The van der Waals surface area contributed by atoms with Crippen LogP contribution in [0.15, 0.2) is 0 Å². The highest BCUT2D eigenvalue weighted by molar-refractivity contribution is 5.14. The Bertz CT molecular complexity index is 570. The number of alkyl halides is 19. The van der Waals surface area contributed by atoms with Crippen LogP contribution < -0.4 is 0 Å². The summed E-state index contributed by atoms with van der Waals surface area (Å²) < 4.78 is 239. The molecule has 0 aliphatic heterocycles. The SMILES string of the molecule is FC(F)C(F)C(F)C(F)(F)C(F)(F)C(F)(F)C(F)(F)C(F)(F)C(F)(F)C(F)(F)F. The minimum absolute atomic E-state index is 4.99. The van der Waals surface area contributed by atoms with Crippen molar-refractivity contribution in [2.24, 2.45) is 0 Å². The normalized spacial score (nSPS) is 18.2. The fraction of sp³-hybridized carbons (Fsp3) is 1.00. The van der Waals surface area contributed by atoms with Gasteiger partial charge < -0.3 is 0 Å². The lowest BCUT2D eigenvalue weighted by atomic mass is 9.89. The third-order valence-corrected chi connectivity index (χ3v) is 3.22. The second-order valence-electron chi connectivity index (χ2n) is 5.17. The van der Waals surface area contributed by atoms with Crippen LogP contribution in [0.3, 0.4) is 0 Å². The van der Waals surface area contributed by atoms with Crippen LogP contribution >= 0.6 is 0 Å². The lowest BCUT2D eigenvalue weighted by molar-refractivity contribution is -0.455. The van der Waals surface area contributed by atoms with E-state index in [1.165, 1.54) is 0 Å². The maximum absolute atomic E-state index is 13.1. The van der Waals surface area contributed by atoms with Gasteiger partial charge in [-0.05, 0) is 0 Å². The van der Waals surface area contributed by atoms with Crippen LogP contribution in [0.25, 0.3) is 0 Å². The summed E-state index contributed by atoms with van der Waals surface area (Å²) in [6, 6.07) is 0. The van der Waals surface area contributed by atoms with Crippen molar-refractivity contribution < 1.29 is 83.4 Å². The van der Waals surface area contributed by atoms with Gasteiger partial charge in [0.05, 0.1) is 0 Å². The van der Waals surface area contributed by atoms with E-state index in [1.54, 1.807) is 0 Å². The van der Waals surface area contributed by atoms with E-state index >= 15 is 0 Å². The summed E-state index contributed by atoms with van der Waals surface area (Å²) in [7, 11) is 0. The average Bonchev–Trinajstić information content (AvgIpc) is 2.50. The molecule has 0 spiro atoms. The monoisotopic (exact) mass is 484 g/mol. The molecule has 0 aromatic rings. The van der Waals surface area contributed by atoms with E-state index in [0.717, 1.165) is 0 Å². The van der Waals surface area contributed by atoms with E-state index in [2.05, 4.69) is 0 Å². The van der Waals surface area contributed by atoms with Crippen molar-refractivity contribution in [3.8, 4) is 0 Å². The minimum Gasteiger partial charge on any atom is -0.238 e. The summed E-state index contributed by atoms with van der Waals surface area (Å²) in [4.78, 5) is 0. The highest BCUT2D eigenvalue weighted by Crippen LogP contribution is 2.63. The van der Waals surface area contributed by atoms with E-state index < -0.39 is 60.5 Å². The van der Waals surface area contributed by atoms with E-state index in [4.69, 9.17) is 0 Å². The molecule has 19 heteroatoms. The van der Waals surface area contributed by atoms with Crippen molar-refractivity contribution in [1.29, 1.82) is 0 Å². The summed E-state index contributed by atoms with van der Waals surface area (Å²) in [5.74, 6) is -50.3. The van der Waals surface area contributed by atoms with Crippen molar-refractivity contribution in [2.45, 2.75) is 60.5 Å². The zero-order valence-corrected chi connectivity index (χ0v) is 12.4. The van der Waals surface area contributed by atoms with Gasteiger partial charge in [-0.1, -0.05) is 0 Å². The second-order valence-corrected chi connectivity index (χ2v) is 5.17. The molecule has 2 atom stereocenters. The van der Waals surface area contributed by atoms with Crippen molar-refractivity contribution >= 4 is 0 Å². The van der Waals surface area contributed by atoms with Gasteiger partial charge >= 0.3 is 41.7 Å². The molecule has 0 saturated carbocycles. The molecule has 0 saturated heterocycles. The van der Waals surface area contributed by atoms with Gasteiger partial charge in [-0.25, -0.2) is 17.6 Å². The Morgan fingerprint density at radius 1 is 0.379 bits per heavy atom. The van der Waals surface area contributed by atoms with Crippen LogP contribution in [-0.2, 0) is 0 Å². The molecule has 0 nitrogen and oxygen atoms in total. The highest BCUT2D eigenvalue weighted by Gasteiger charge is 2.94. The van der Waals surface area contributed by atoms with Gasteiger partial charge in [-0.15, -0.1) is 0 Å². The van der Waals surface area contributed by atoms with E-state index in [0.29, 0.717) is 0 Å². The second kappa shape index (κ2) is 7.12. The first-order chi connectivity index (χ1) is 12.3. The number of rotatable bonds is 8. The quantitative estimate of drug-likeness (QED) is 0.355. The van der Waals surface area contributed by atoms with Crippen molar-refractivity contribution in [1.82, 2.24) is 0 Å². The Morgan fingerprint density at radius 3 is 0.931 bits per heavy atom. The molecule has 0 N–H and O–H groups in total. The Hall–Kier alpha value is -1.33. The van der Waals surface area contributed by atoms with Gasteiger partial charge in [0.2, 0.25) is 6.17 Å². The average molecular weight is 484 g/mol. The molecule has 0 aliphatic rings. The van der Waals surface area contributed by atoms with Crippen LogP contribution in [0, 0.1) is 0 Å². The first-order valence-electron chi connectivity index (χ1n) is 6.16. The molecule has 0 aliphatic carbocycles. The van der Waals surface area contributed by atoms with Crippen molar-refractivity contribution in [2.75, 3.05) is 0 Å². The Labute approximate surface area is 145 Å². The van der Waals surface area contributed by atoms with Crippen molar-refractivity contribution in [3.63, 3.8) is 0 Å². The topological polar surface area (TPSA) is 0 Å². The molecule has 29 heavy (non-hydrogen) atoms. The molecule has 0 aromatic carbocycles. The molecule has 0 bridgehead atoms. The van der Waals surface area contributed by atoms with Crippen LogP contribution in [0.4, 0.5) is 83.4 Å². The van der Waals surface area contributed by atoms with Crippen LogP contribution in [-0.4, -0.2) is 60.5 Å². The predicted molar refractivity (Wildman–Crippen MR) is 51.5 cm³/mol. The molecule has 176 valence electrons. The number of hydrogen-bond donors (Lipinski definition) is 0. The fourth-order valence-electron chi connectivity index (χ4n) is 1.48. The molecular weight excluding hydrogens is 481 g/mol. The summed E-state index contributed by atoms with van der Waals surface area (Å²) >= 11 is 0. The van der Waals surface area contributed by atoms with Gasteiger partial charge in [0, 0.05) is 0 Å². The zero-order chi connectivity index (χ0) is 24.2. The van der Waals surface area contributed by atoms with E-state index in [-0.39, 0.29) is 0 Å². The first kappa shape index (κ1) is 27.7. The van der Waals surface area contributed by atoms with Crippen molar-refractivity contribution in [3.05, 3.63) is 0 Å². The third kappa shape index (κ3) is 3.65. The first-order valence-corrected chi connectivity index (χ1v) is 6.16. The molecule has 0 amide bonds. The lowest BCUT2D eigenvalue weighted by Crippen LogP contribution is -2.74. The molecule has 0 aromatic heterocycles. The van der Waals surface area contributed by atoms with Gasteiger partial charge in [0.1, 0.15) is 0 Å². The Kier molecular flexibility index (Phi) is 6.80. The molecule has 0 fully saturated rings. The summed E-state index contributed by atoms with van der Waals surface area (Å²) in [6.45, 7) is 0. The zero-order valence-electron chi connectivity index (χ0n) is 12.4. The summed E-state index contributed by atoms with van der Waals surface area (Å²) in [5, 5.41) is 0. The maximum Gasteiger partial charge on any atom is 0.460 e. The largest absolute Gasteiger partial charge is 0.460 e. The highest BCUT2D eigenvalue weighted by atomic mass is 19.4. The number of hydrogen-bond acceptors (Lipinski definition) is 0. The smallest absolute Gasteiger partial charge is 0.238 e. The van der Waals surface area contributed by atoms with Gasteiger partial charge in [-0.3, -0.25) is 0 Å². The maximum atomic E-state index is 13.1. The fourth-order valence-corrected chi connectivity index (χ4v) is 1.48. The molecule has 0 rings (SSSR count). The van der Waals surface area contributed by atoms with Gasteiger partial charge in [0.25, 0.3) is 6.43 Å². The van der Waals surface area contributed by atoms with Crippen LogP contribution in [0.2, 0.25) is 0 Å². The van der Waals surface area contributed by atoms with Crippen LogP contribution in [0.1, 0.15) is 0 Å². The van der Waals surface area contributed by atoms with Gasteiger partial charge in [-0.2, -0.15) is 65.9 Å². The molecule has 0 radical (unpaired) electrons. The minimum atomic E-state index is -8.71. The summed E-state index contributed by atoms with van der Waals surface area (Å²) in [6.07, 6.45) is -23.7. The van der Waals surface area contributed by atoms with Gasteiger partial charge in [0.15, 0.2) is 6.17 Å². The Morgan fingerprint density at radius 2 is 0.655 bits per heavy atom. The molecule has 0 heterocycles. The lowest BCUT2D eigenvalue weighted by Gasteiger charge is -2.42. The Balaban J connectivity index is 6.57. The molecule has 2 unspecified atom stereocenters. The van der Waals surface area contributed by atoms with Crippen LogP contribution in [0.5, 0.6) is 0 Å². The number of halogens is 19. The van der Waals surface area contributed by atoms with E-state index in [9.17, 15) is 83.4 Å². The summed E-state index contributed by atoms with van der Waals surface area (Å²) in [5.41, 5.74) is 0. The van der Waals surface area contributed by atoms with E-state index in [1.807, 2.05) is 0 Å². The predicted octanol–water partition coefficient (Wildman–Crippen LogP) is 6.30. The third-order valence-electron chi connectivity index (χ3n) is 3.22. The molecular formula is C10H3F19.